The molecule has 2 aromatic carbocycles. The van der Waals surface area contributed by atoms with Crippen molar-refractivity contribution in [1.29, 1.82) is 0 Å². The molecule has 2 rings (SSSR count). The molecule has 0 heterocycles. The lowest BCUT2D eigenvalue weighted by Gasteiger charge is -2.29. The predicted octanol–water partition coefficient (Wildman–Crippen LogP) is 8.27. The van der Waals surface area contributed by atoms with Gasteiger partial charge in [-0.3, -0.25) is 4.79 Å². The van der Waals surface area contributed by atoms with Gasteiger partial charge in [0, 0.05) is 18.7 Å². The molecule has 2 aromatic rings. The van der Waals surface area contributed by atoms with E-state index < -0.39 is 0 Å². The smallest absolute Gasteiger partial charge is 0.243 e. The van der Waals surface area contributed by atoms with Crippen molar-refractivity contribution < 1.29 is 14.3 Å². The number of rotatable bonds is 13. The average Bonchev–Trinajstić information content (AvgIpc) is 2.83. The first-order valence-electron chi connectivity index (χ1n) is 13.8. The summed E-state index contributed by atoms with van der Waals surface area (Å²) in [4.78, 5) is 12.3. The predicted molar refractivity (Wildman–Crippen MR) is 157 cm³/mol. The lowest BCUT2D eigenvalue weighted by atomic mass is 9.87. The number of benzene rings is 2. The van der Waals surface area contributed by atoms with Crippen LogP contribution in [-0.2, 0) is 16.6 Å². The summed E-state index contributed by atoms with van der Waals surface area (Å²) in [7, 11) is 0. The molecule has 0 unspecified atom stereocenters. The van der Waals surface area contributed by atoms with E-state index in [4.69, 9.17) is 9.47 Å². The Morgan fingerprint density at radius 3 is 2.05 bits per heavy atom. The van der Waals surface area contributed by atoms with E-state index in [1.165, 1.54) is 11.1 Å². The maximum absolute atomic E-state index is 12.3. The highest BCUT2D eigenvalue weighted by Crippen LogP contribution is 2.32. The second kappa shape index (κ2) is 13.2. The molecule has 0 saturated heterocycles. The summed E-state index contributed by atoms with van der Waals surface area (Å²) in [5, 5.41) is 3.00. The van der Waals surface area contributed by atoms with Crippen LogP contribution in [0.3, 0.4) is 0 Å². The Balaban J connectivity index is 1.89. The zero-order valence-corrected chi connectivity index (χ0v) is 24.7. The number of carbonyl (C=O) groups is 1. The van der Waals surface area contributed by atoms with Gasteiger partial charge in [0.1, 0.15) is 22.7 Å². The molecule has 0 bridgehead atoms. The standard InChI is InChI=1S/C33H49NO3/c1-10-32(6,7)36-28-21-18-26(29(24-28)37-33(8,9)11-2)14-12-13-23-34-30(35)22-17-25-15-19-27(20-16-25)31(3,4)5/h15-22,24H,10-14,23H2,1-9H3,(H,34,35)/b22-17+. The van der Waals surface area contributed by atoms with Crippen LogP contribution in [0.25, 0.3) is 6.08 Å². The van der Waals surface area contributed by atoms with Crippen molar-refractivity contribution in [3.8, 4) is 11.5 Å². The minimum Gasteiger partial charge on any atom is -0.488 e. The van der Waals surface area contributed by atoms with Gasteiger partial charge in [0.15, 0.2) is 0 Å². The Labute approximate surface area is 225 Å². The van der Waals surface area contributed by atoms with Crippen molar-refractivity contribution in [2.45, 2.75) is 111 Å². The number of hydrogen-bond donors (Lipinski definition) is 1. The van der Waals surface area contributed by atoms with Gasteiger partial charge in [0.25, 0.3) is 0 Å². The van der Waals surface area contributed by atoms with Crippen LogP contribution in [0.4, 0.5) is 0 Å². The third-order valence-corrected chi connectivity index (χ3v) is 6.90. The zero-order valence-electron chi connectivity index (χ0n) is 24.7. The minimum atomic E-state index is -0.249. The highest BCUT2D eigenvalue weighted by atomic mass is 16.5. The quantitative estimate of drug-likeness (QED) is 0.219. The van der Waals surface area contributed by atoms with Crippen LogP contribution in [0, 0.1) is 0 Å². The molecule has 0 aliphatic heterocycles. The number of carbonyl (C=O) groups excluding carboxylic acids is 1. The van der Waals surface area contributed by atoms with Crippen molar-refractivity contribution >= 4 is 12.0 Å². The summed E-state index contributed by atoms with van der Waals surface area (Å²) in [6.07, 6.45) is 8.07. The van der Waals surface area contributed by atoms with Crippen molar-refractivity contribution in [1.82, 2.24) is 5.32 Å². The molecule has 0 spiro atoms. The van der Waals surface area contributed by atoms with Crippen molar-refractivity contribution in [2.24, 2.45) is 0 Å². The maximum Gasteiger partial charge on any atom is 0.243 e. The topological polar surface area (TPSA) is 47.6 Å². The molecule has 37 heavy (non-hydrogen) atoms. The SMILES string of the molecule is CCC(C)(C)Oc1ccc(CCCCNC(=O)/C=C/c2ccc(C(C)(C)C)cc2)c(OC(C)(C)CC)c1. The molecule has 0 aliphatic rings. The fourth-order valence-corrected chi connectivity index (χ4v) is 3.64. The van der Waals surface area contributed by atoms with Gasteiger partial charge in [0.05, 0.1) is 0 Å². The summed E-state index contributed by atoms with van der Waals surface area (Å²) >= 11 is 0. The largest absolute Gasteiger partial charge is 0.488 e. The van der Waals surface area contributed by atoms with Crippen molar-refractivity contribution in [3.05, 3.63) is 65.2 Å². The summed E-state index contributed by atoms with van der Waals surface area (Å²) < 4.78 is 12.6. The molecule has 0 radical (unpaired) electrons. The average molecular weight is 508 g/mol. The maximum atomic E-state index is 12.3. The van der Waals surface area contributed by atoms with E-state index in [-0.39, 0.29) is 22.5 Å². The van der Waals surface area contributed by atoms with Crippen LogP contribution >= 0.6 is 0 Å². The van der Waals surface area contributed by atoms with E-state index in [1.807, 2.05) is 18.2 Å². The van der Waals surface area contributed by atoms with Crippen LogP contribution < -0.4 is 14.8 Å². The Kier molecular flexibility index (Phi) is 10.8. The van der Waals surface area contributed by atoms with Gasteiger partial charge in [-0.05, 0) is 94.0 Å². The van der Waals surface area contributed by atoms with Gasteiger partial charge in [-0.15, -0.1) is 0 Å². The Morgan fingerprint density at radius 2 is 1.46 bits per heavy atom. The number of amides is 1. The molecule has 0 aliphatic carbocycles. The Hall–Kier alpha value is -2.75. The van der Waals surface area contributed by atoms with Crippen LogP contribution in [0.2, 0.25) is 0 Å². The van der Waals surface area contributed by atoms with Crippen LogP contribution in [0.15, 0.2) is 48.5 Å². The van der Waals surface area contributed by atoms with E-state index in [9.17, 15) is 4.79 Å². The van der Waals surface area contributed by atoms with Crippen LogP contribution in [0.1, 0.15) is 105 Å². The van der Waals surface area contributed by atoms with Gasteiger partial charge in [-0.2, -0.15) is 0 Å². The fourth-order valence-electron chi connectivity index (χ4n) is 3.64. The van der Waals surface area contributed by atoms with E-state index in [2.05, 4.69) is 98.0 Å². The van der Waals surface area contributed by atoms with E-state index in [0.717, 1.165) is 49.2 Å². The monoisotopic (exact) mass is 507 g/mol. The molecule has 0 fully saturated rings. The lowest BCUT2D eigenvalue weighted by Crippen LogP contribution is -2.28. The Morgan fingerprint density at radius 1 is 0.838 bits per heavy atom. The second-order valence-corrected chi connectivity index (χ2v) is 12.2. The highest BCUT2D eigenvalue weighted by molar-refractivity contribution is 5.91. The first kappa shape index (κ1) is 30.5. The summed E-state index contributed by atoms with van der Waals surface area (Å²) in [6.45, 7) is 19.9. The number of unbranched alkanes of at least 4 members (excludes halogenated alkanes) is 1. The molecule has 204 valence electrons. The fraction of sp³-hybridized carbons (Fsp3) is 0.545. The molecular formula is C33H49NO3. The number of aryl methyl sites for hydroxylation is 1. The van der Waals surface area contributed by atoms with Gasteiger partial charge >= 0.3 is 0 Å². The van der Waals surface area contributed by atoms with E-state index in [1.54, 1.807) is 6.08 Å². The zero-order chi connectivity index (χ0) is 27.7. The third-order valence-electron chi connectivity index (χ3n) is 6.90. The summed E-state index contributed by atoms with van der Waals surface area (Å²) in [5.41, 5.74) is 3.14. The molecule has 0 atom stereocenters. The Bertz CT molecular complexity index is 1030. The molecule has 1 N–H and O–H groups in total. The van der Waals surface area contributed by atoms with Crippen LogP contribution in [-0.4, -0.2) is 23.7 Å². The first-order valence-corrected chi connectivity index (χ1v) is 13.8. The van der Waals surface area contributed by atoms with E-state index in [0.29, 0.717) is 6.54 Å². The molecule has 0 aromatic heterocycles. The lowest BCUT2D eigenvalue weighted by molar-refractivity contribution is -0.116. The number of nitrogens with one attached hydrogen (secondary N) is 1. The number of ether oxygens (including phenoxy) is 2. The second-order valence-electron chi connectivity index (χ2n) is 12.2. The highest BCUT2D eigenvalue weighted by Gasteiger charge is 2.21. The molecular weight excluding hydrogens is 458 g/mol. The van der Waals surface area contributed by atoms with Gasteiger partial charge < -0.3 is 14.8 Å². The number of hydrogen-bond acceptors (Lipinski definition) is 3. The summed E-state index contributed by atoms with van der Waals surface area (Å²) in [6, 6.07) is 14.6. The molecule has 4 nitrogen and oxygen atoms in total. The van der Waals surface area contributed by atoms with Gasteiger partial charge in [-0.1, -0.05) is 65.0 Å². The van der Waals surface area contributed by atoms with Gasteiger partial charge in [0.2, 0.25) is 5.91 Å². The summed E-state index contributed by atoms with van der Waals surface area (Å²) in [5.74, 6) is 1.67. The van der Waals surface area contributed by atoms with Gasteiger partial charge in [-0.25, -0.2) is 0 Å². The molecule has 1 amide bonds. The van der Waals surface area contributed by atoms with E-state index >= 15 is 0 Å². The molecule has 4 heteroatoms. The minimum absolute atomic E-state index is 0.0614. The normalized spacial score (nSPS) is 12.6. The van der Waals surface area contributed by atoms with Crippen molar-refractivity contribution in [3.63, 3.8) is 0 Å². The first-order chi connectivity index (χ1) is 17.2. The third kappa shape index (κ3) is 10.6. The molecule has 0 saturated carbocycles. The van der Waals surface area contributed by atoms with Crippen LogP contribution in [0.5, 0.6) is 11.5 Å². The van der Waals surface area contributed by atoms with Crippen molar-refractivity contribution in [2.75, 3.05) is 6.54 Å².